The van der Waals surface area contributed by atoms with Crippen LogP contribution >= 0.6 is 0 Å². The molecule has 4 heteroatoms. The first kappa shape index (κ1) is 13.5. The van der Waals surface area contributed by atoms with E-state index in [9.17, 15) is 4.79 Å². The number of amides is 1. The van der Waals surface area contributed by atoms with Gasteiger partial charge in [-0.05, 0) is 25.3 Å². The van der Waals surface area contributed by atoms with Crippen LogP contribution < -0.4 is 5.73 Å². The number of nitrogens with zero attached hydrogens (tertiary/aromatic N) is 1. The van der Waals surface area contributed by atoms with Crippen LogP contribution in [-0.4, -0.2) is 43.7 Å². The monoisotopic (exact) mass is 228 g/mol. The van der Waals surface area contributed by atoms with Crippen LogP contribution in [0.2, 0.25) is 0 Å². The molecule has 0 aromatic rings. The number of hydrogen-bond acceptors (Lipinski definition) is 3. The van der Waals surface area contributed by atoms with Crippen LogP contribution in [0.15, 0.2) is 0 Å². The molecule has 4 nitrogen and oxygen atoms in total. The Morgan fingerprint density at radius 1 is 1.56 bits per heavy atom. The Bertz CT molecular complexity index is 253. The summed E-state index contributed by atoms with van der Waals surface area (Å²) in [5.41, 5.74) is 5.65. The standard InChI is InChI=1S/C12H24N2O2/c1-9-10(5-6-16-9)11(15)14(4)8-12(2,3)7-13/h9-10H,5-8,13H2,1-4H3. The number of ether oxygens (including phenoxy) is 1. The van der Waals surface area contributed by atoms with Gasteiger partial charge < -0.3 is 15.4 Å². The van der Waals surface area contributed by atoms with Crippen molar-refractivity contribution in [1.82, 2.24) is 4.90 Å². The van der Waals surface area contributed by atoms with Crippen molar-refractivity contribution in [3.63, 3.8) is 0 Å². The molecule has 1 fully saturated rings. The van der Waals surface area contributed by atoms with Crippen molar-refractivity contribution in [1.29, 1.82) is 0 Å². The van der Waals surface area contributed by atoms with Crippen molar-refractivity contribution in [3.8, 4) is 0 Å². The summed E-state index contributed by atoms with van der Waals surface area (Å²) in [4.78, 5) is 13.9. The van der Waals surface area contributed by atoms with E-state index in [2.05, 4.69) is 13.8 Å². The van der Waals surface area contributed by atoms with Crippen LogP contribution in [0.4, 0.5) is 0 Å². The number of hydrogen-bond donors (Lipinski definition) is 1. The van der Waals surface area contributed by atoms with Gasteiger partial charge in [-0.25, -0.2) is 0 Å². The van der Waals surface area contributed by atoms with Gasteiger partial charge in [0.15, 0.2) is 0 Å². The third-order valence-electron chi connectivity index (χ3n) is 3.29. The molecule has 0 radical (unpaired) electrons. The highest BCUT2D eigenvalue weighted by atomic mass is 16.5. The summed E-state index contributed by atoms with van der Waals surface area (Å²) in [6, 6.07) is 0. The fourth-order valence-corrected chi connectivity index (χ4v) is 2.12. The summed E-state index contributed by atoms with van der Waals surface area (Å²) in [6.07, 6.45) is 0.892. The van der Waals surface area contributed by atoms with Crippen molar-refractivity contribution in [2.45, 2.75) is 33.3 Å². The van der Waals surface area contributed by atoms with Gasteiger partial charge in [0.1, 0.15) is 0 Å². The summed E-state index contributed by atoms with van der Waals surface area (Å²) in [6.45, 7) is 8.10. The van der Waals surface area contributed by atoms with Crippen molar-refractivity contribution >= 4 is 5.91 Å². The maximum Gasteiger partial charge on any atom is 0.228 e. The number of carbonyl (C=O) groups is 1. The second kappa shape index (κ2) is 5.15. The van der Waals surface area contributed by atoms with Gasteiger partial charge in [0, 0.05) is 20.2 Å². The van der Waals surface area contributed by atoms with Gasteiger partial charge in [0.25, 0.3) is 0 Å². The molecule has 0 saturated carbocycles. The minimum atomic E-state index is -0.0207. The zero-order chi connectivity index (χ0) is 12.3. The maximum atomic E-state index is 12.2. The highest BCUT2D eigenvalue weighted by molar-refractivity contribution is 5.79. The van der Waals surface area contributed by atoms with Gasteiger partial charge in [-0.1, -0.05) is 13.8 Å². The van der Waals surface area contributed by atoms with Crippen LogP contribution in [0.25, 0.3) is 0 Å². The topological polar surface area (TPSA) is 55.6 Å². The summed E-state index contributed by atoms with van der Waals surface area (Å²) in [5, 5.41) is 0. The van der Waals surface area contributed by atoms with Gasteiger partial charge in [0.05, 0.1) is 12.0 Å². The number of carbonyl (C=O) groups excluding carboxylic acids is 1. The van der Waals surface area contributed by atoms with Crippen LogP contribution in [-0.2, 0) is 9.53 Å². The molecule has 94 valence electrons. The zero-order valence-corrected chi connectivity index (χ0v) is 10.8. The second-order valence-electron chi connectivity index (χ2n) is 5.53. The fourth-order valence-electron chi connectivity index (χ4n) is 2.12. The predicted molar refractivity (Wildman–Crippen MR) is 64.0 cm³/mol. The zero-order valence-electron chi connectivity index (χ0n) is 10.8. The van der Waals surface area contributed by atoms with Crippen molar-refractivity contribution in [2.24, 2.45) is 17.1 Å². The van der Waals surface area contributed by atoms with E-state index in [1.807, 2.05) is 14.0 Å². The summed E-state index contributed by atoms with van der Waals surface area (Å²) in [7, 11) is 1.85. The first-order chi connectivity index (χ1) is 7.37. The van der Waals surface area contributed by atoms with E-state index in [1.165, 1.54) is 0 Å². The Hall–Kier alpha value is -0.610. The minimum absolute atomic E-state index is 0.0207. The minimum Gasteiger partial charge on any atom is -0.378 e. The molecule has 0 aromatic carbocycles. The van der Waals surface area contributed by atoms with Crippen LogP contribution in [0.1, 0.15) is 27.2 Å². The first-order valence-corrected chi connectivity index (χ1v) is 5.94. The van der Waals surface area contributed by atoms with Crippen LogP contribution in [0.3, 0.4) is 0 Å². The van der Waals surface area contributed by atoms with Gasteiger partial charge in [0.2, 0.25) is 5.91 Å². The van der Waals surface area contributed by atoms with E-state index in [0.717, 1.165) is 6.42 Å². The maximum absolute atomic E-state index is 12.2. The van der Waals surface area contributed by atoms with Gasteiger partial charge >= 0.3 is 0 Å². The Labute approximate surface area is 98.1 Å². The summed E-state index contributed by atoms with van der Waals surface area (Å²) >= 11 is 0. The average Bonchev–Trinajstić information content (AvgIpc) is 2.62. The molecule has 0 spiro atoms. The summed E-state index contributed by atoms with van der Waals surface area (Å²) in [5.74, 6) is 0.213. The highest BCUT2D eigenvalue weighted by Crippen LogP contribution is 2.24. The third-order valence-corrected chi connectivity index (χ3v) is 3.29. The lowest BCUT2D eigenvalue weighted by Crippen LogP contribution is -2.43. The molecule has 0 aliphatic carbocycles. The SMILES string of the molecule is CC1OCCC1C(=O)N(C)CC(C)(C)CN. The molecule has 0 bridgehead atoms. The summed E-state index contributed by atoms with van der Waals surface area (Å²) < 4.78 is 5.42. The average molecular weight is 228 g/mol. The molecular formula is C12H24N2O2. The molecule has 1 aliphatic heterocycles. The van der Waals surface area contributed by atoms with E-state index >= 15 is 0 Å². The fraction of sp³-hybridized carbons (Fsp3) is 0.917. The van der Waals surface area contributed by atoms with Gasteiger partial charge in [-0.15, -0.1) is 0 Å². The van der Waals surface area contributed by atoms with Crippen LogP contribution in [0, 0.1) is 11.3 Å². The quantitative estimate of drug-likeness (QED) is 0.776. The molecule has 2 N–H and O–H groups in total. The molecule has 2 atom stereocenters. The van der Waals surface area contributed by atoms with E-state index < -0.39 is 0 Å². The molecular weight excluding hydrogens is 204 g/mol. The highest BCUT2D eigenvalue weighted by Gasteiger charge is 2.34. The molecule has 2 unspecified atom stereocenters. The Kier molecular flexibility index (Phi) is 4.33. The molecule has 1 saturated heterocycles. The van der Waals surface area contributed by atoms with E-state index in [0.29, 0.717) is 19.7 Å². The predicted octanol–water partition coefficient (Wildman–Crippen LogP) is 0.855. The first-order valence-electron chi connectivity index (χ1n) is 5.94. The molecule has 0 aromatic heterocycles. The van der Waals surface area contributed by atoms with E-state index in [-0.39, 0.29) is 23.3 Å². The Balaban J connectivity index is 2.53. The lowest BCUT2D eigenvalue weighted by molar-refractivity contribution is -0.136. The number of rotatable bonds is 4. The van der Waals surface area contributed by atoms with Crippen molar-refractivity contribution in [2.75, 3.05) is 26.7 Å². The van der Waals surface area contributed by atoms with E-state index in [4.69, 9.17) is 10.5 Å². The van der Waals surface area contributed by atoms with Crippen molar-refractivity contribution < 1.29 is 9.53 Å². The van der Waals surface area contributed by atoms with Gasteiger partial charge in [-0.2, -0.15) is 0 Å². The van der Waals surface area contributed by atoms with Crippen molar-refractivity contribution in [3.05, 3.63) is 0 Å². The van der Waals surface area contributed by atoms with Gasteiger partial charge in [-0.3, -0.25) is 4.79 Å². The Morgan fingerprint density at radius 2 is 2.19 bits per heavy atom. The molecule has 1 rings (SSSR count). The lowest BCUT2D eigenvalue weighted by Gasteiger charge is -2.31. The third kappa shape index (κ3) is 3.19. The molecule has 16 heavy (non-hydrogen) atoms. The Morgan fingerprint density at radius 3 is 2.62 bits per heavy atom. The van der Waals surface area contributed by atoms with Crippen LogP contribution in [0.5, 0.6) is 0 Å². The molecule has 1 amide bonds. The number of nitrogens with two attached hydrogens (primary N) is 1. The normalized spacial score (nSPS) is 25.8. The lowest BCUT2D eigenvalue weighted by atomic mass is 9.92. The molecule has 1 heterocycles. The second-order valence-corrected chi connectivity index (χ2v) is 5.53. The largest absolute Gasteiger partial charge is 0.378 e. The van der Waals surface area contributed by atoms with E-state index in [1.54, 1.807) is 4.90 Å². The smallest absolute Gasteiger partial charge is 0.228 e. The molecule has 1 aliphatic rings.